The first kappa shape index (κ1) is 15.3. The van der Waals surface area contributed by atoms with Gasteiger partial charge in [-0.25, -0.2) is 4.98 Å². The SMILES string of the molecule is O=[N+]([O-])c1ccc(C=Nn2c(N3CCOCC3)nc3ccccc32)o1. The molecule has 2 aromatic heterocycles. The molecule has 3 heterocycles. The van der Waals surface area contributed by atoms with E-state index in [1.165, 1.54) is 18.3 Å². The summed E-state index contributed by atoms with van der Waals surface area (Å²) in [5.41, 5.74) is 1.67. The smallest absolute Gasteiger partial charge is 0.400 e. The molecule has 1 saturated heterocycles. The van der Waals surface area contributed by atoms with Gasteiger partial charge in [0.1, 0.15) is 4.92 Å². The Hall–Kier alpha value is -3.20. The maximum Gasteiger partial charge on any atom is 0.433 e. The third-order valence-corrected chi connectivity index (χ3v) is 3.91. The fourth-order valence-electron chi connectivity index (χ4n) is 2.71. The molecule has 0 spiro atoms. The summed E-state index contributed by atoms with van der Waals surface area (Å²) in [4.78, 5) is 16.9. The summed E-state index contributed by atoms with van der Waals surface area (Å²) in [5, 5.41) is 15.2. The lowest BCUT2D eigenvalue weighted by molar-refractivity contribution is -0.402. The molecule has 1 aromatic carbocycles. The zero-order valence-electron chi connectivity index (χ0n) is 13.2. The highest BCUT2D eigenvalue weighted by Gasteiger charge is 2.19. The highest BCUT2D eigenvalue weighted by Crippen LogP contribution is 2.23. The summed E-state index contributed by atoms with van der Waals surface area (Å²) >= 11 is 0. The second-order valence-corrected chi connectivity index (χ2v) is 5.49. The van der Waals surface area contributed by atoms with E-state index in [4.69, 9.17) is 9.15 Å². The Balaban J connectivity index is 1.73. The molecule has 0 atom stereocenters. The van der Waals surface area contributed by atoms with Crippen molar-refractivity contribution in [1.82, 2.24) is 9.66 Å². The van der Waals surface area contributed by atoms with Crippen molar-refractivity contribution in [2.75, 3.05) is 31.2 Å². The second-order valence-electron chi connectivity index (χ2n) is 5.49. The lowest BCUT2D eigenvalue weighted by Gasteiger charge is -2.27. The first-order chi connectivity index (χ1) is 12.2. The van der Waals surface area contributed by atoms with E-state index in [0.717, 1.165) is 24.1 Å². The lowest BCUT2D eigenvalue weighted by Crippen LogP contribution is -2.37. The summed E-state index contributed by atoms with van der Waals surface area (Å²) < 4.78 is 12.2. The van der Waals surface area contributed by atoms with E-state index in [2.05, 4.69) is 15.0 Å². The van der Waals surface area contributed by atoms with Gasteiger partial charge in [0.25, 0.3) is 0 Å². The number of hydrogen-bond acceptors (Lipinski definition) is 7. The van der Waals surface area contributed by atoms with E-state index < -0.39 is 4.92 Å². The minimum absolute atomic E-state index is 0.303. The van der Waals surface area contributed by atoms with Gasteiger partial charge in [0.2, 0.25) is 5.95 Å². The molecule has 4 rings (SSSR count). The summed E-state index contributed by atoms with van der Waals surface area (Å²) in [6, 6.07) is 10.5. The van der Waals surface area contributed by atoms with E-state index in [9.17, 15) is 10.1 Å². The number of nitro groups is 1. The molecule has 0 bridgehead atoms. The van der Waals surface area contributed by atoms with Gasteiger partial charge in [-0.2, -0.15) is 9.78 Å². The summed E-state index contributed by atoms with van der Waals surface area (Å²) in [7, 11) is 0. The third kappa shape index (κ3) is 2.96. The maximum atomic E-state index is 10.7. The Kier molecular flexibility index (Phi) is 3.90. The molecule has 1 aliphatic rings. The van der Waals surface area contributed by atoms with Crippen LogP contribution in [0.3, 0.4) is 0 Å². The molecule has 25 heavy (non-hydrogen) atoms. The largest absolute Gasteiger partial charge is 0.433 e. The topological polar surface area (TPSA) is 98.9 Å². The highest BCUT2D eigenvalue weighted by atomic mass is 16.6. The third-order valence-electron chi connectivity index (χ3n) is 3.91. The van der Waals surface area contributed by atoms with Crippen molar-refractivity contribution in [3.05, 3.63) is 52.3 Å². The van der Waals surface area contributed by atoms with E-state index >= 15 is 0 Å². The van der Waals surface area contributed by atoms with Crippen LogP contribution in [-0.2, 0) is 4.74 Å². The van der Waals surface area contributed by atoms with Gasteiger partial charge in [-0.05, 0) is 18.2 Å². The molecule has 0 aliphatic carbocycles. The van der Waals surface area contributed by atoms with Gasteiger partial charge in [-0.1, -0.05) is 12.1 Å². The molecule has 9 nitrogen and oxygen atoms in total. The molecule has 0 radical (unpaired) electrons. The van der Waals surface area contributed by atoms with Crippen LogP contribution in [-0.4, -0.2) is 47.1 Å². The van der Waals surface area contributed by atoms with Crippen molar-refractivity contribution < 1.29 is 14.1 Å². The van der Waals surface area contributed by atoms with Crippen LogP contribution in [0.25, 0.3) is 11.0 Å². The van der Waals surface area contributed by atoms with Gasteiger partial charge in [0.15, 0.2) is 5.76 Å². The van der Waals surface area contributed by atoms with Crippen LogP contribution in [0.4, 0.5) is 11.8 Å². The van der Waals surface area contributed by atoms with Gasteiger partial charge >= 0.3 is 5.88 Å². The summed E-state index contributed by atoms with van der Waals surface area (Å²) in [6.45, 7) is 2.73. The molecule has 0 amide bonds. The van der Waals surface area contributed by atoms with Crippen molar-refractivity contribution in [3.63, 3.8) is 0 Å². The molecule has 0 saturated carbocycles. The molecule has 128 valence electrons. The Morgan fingerprint density at radius 2 is 2.00 bits per heavy atom. The molecule has 3 aromatic rings. The zero-order chi connectivity index (χ0) is 17.2. The first-order valence-corrected chi connectivity index (χ1v) is 7.81. The van der Waals surface area contributed by atoms with Crippen LogP contribution in [0.2, 0.25) is 0 Å². The van der Waals surface area contributed by atoms with Crippen LogP contribution in [0.15, 0.2) is 45.9 Å². The predicted octanol–water partition coefficient (Wildman–Crippen LogP) is 2.26. The molecule has 0 unspecified atom stereocenters. The number of morpholine rings is 1. The molecule has 9 heteroatoms. The Labute approximate surface area is 142 Å². The Morgan fingerprint density at radius 3 is 2.76 bits per heavy atom. The lowest BCUT2D eigenvalue weighted by atomic mass is 10.3. The fraction of sp³-hybridized carbons (Fsp3) is 0.250. The van der Waals surface area contributed by atoms with Gasteiger partial charge < -0.3 is 14.1 Å². The number of furan rings is 1. The van der Waals surface area contributed by atoms with Crippen molar-refractivity contribution in [3.8, 4) is 0 Å². The average molecular weight is 341 g/mol. The van der Waals surface area contributed by atoms with Crippen molar-refractivity contribution in [2.45, 2.75) is 0 Å². The number of rotatable bonds is 4. The average Bonchev–Trinajstić information content (AvgIpc) is 3.25. The van der Waals surface area contributed by atoms with Crippen molar-refractivity contribution in [1.29, 1.82) is 0 Å². The minimum Gasteiger partial charge on any atom is -0.400 e. The first-order valence-electron chi connectivity index (χ1n) is 7.81. The number of ether oxygens (including phenoxy) is 1. The molecule has 1 aliphatic heterocycles. The summed E-state index contributed by atoms with van der Waals surface area (Å²) in [5.74, 6) is 0.699. The number of nitrogens with zero attached hydrogens (tertiary/aromatic N) is 5. The van der Waals surface area contributed by atoms with Crippen LogP contribution in [0.5, 0.6) is 0 Å². The Bertz CT molecular complexity index is 939. The number of fused-ring (bicyclic) bond motifs is 1. The number of anilines is 1. The quantitative estimate of drug-likeness (QED) is 0.410. The van der Waals surface area contributed by atoms with E-state index in [1.807, 2.05) is 24.3 Å². The van der Waals surface area contributed by atoms with Gasteiger partial charge in [-0.15, -0.1) is 0 Å². The highest BCUT2D eigenvalue weighted by molar-refractivity contribution is 5.81. The van der Waals surface area contributed by atoms with Gasteiger partial charge in [0.05, 0.1) is 36.5 Å². The predicted molar refractivity (Wildman–Crippen MR) is 91.1 cm³/mol. The number of imidazole rings is 1. The normalized spacial score (nSPS) is 15.3. The van der Waals surface area contributed by atoms with E-state index in [-0.39, 0.29) is 5.88 Å². The molecular weight excluding hydrogens is 326 g/mol. The van der Waals surface area contributed by atoms with E-state index in [0.29, 0.717) is 24.9 Å². The molecular formula is C16H15N5O4. The van der Waals surface area contributed by atoms with Crippen molar-refractivity contribution in [2.24, 2.45) is 5.10 Å². The van der Waals surface area contributed by atoms with Crippen LogP contribution in [0, 0.1) is 10.1 Å². The number of benzene rings is 1. The van der Waals surface area contributed by atoms with Crippen molar-refractivity contribution >= 4 is 29.1 Å². The standard InChI is InChI=1S/C16H15N5O4/c22-21(23)15-6-5-12(25-15)11-17-20-14-4-2-1-3-13(14)18-16(20)19-7-9-24-10-8-19/h1-6,11H,7-10H2. The molecule has 1 fully saturated rings. The Morgan fingerprint density at radius 1 is 1.20 bits per heavy atom. The number of aromatic nitrogens is 2. The zero-order valence-corrected chi connectivity index (χ0v) is 13.2. The summed E-state index contributed by atoms with van der Waals surface area (Å²) in [6.07, 6.45) is 1.45. The van der Waals surface area contributed by atoms with E-state index in [1.54, 1.807) is 4.68 Å². The monoisotopic (exact) mass is 341 g/mol. The number of hydrogen-bond donors (Lipinski definition) is 0. The van der Waals surface area contributed by atoms with Crippen LogP contribution >= 0.6 is 0 Å². The van der Waals surface area contributed by atoms with Crippen LogP contribution < -0.4 is 4.90 Å². The maximum absolute atomic E-state index is 10.7. The fourth-order valence-corrected chi connectivity index (χ4v) is 2.71. The van der Waals surface area contributed by atoms with Crippen LogP contribution in [0.1, 0.15) is 5.76 Å². The van der Waals surface area contributed by atoms with Gasteiger partial charge in [0, 0.05) is 13.1 Å². The minimum atomic E-state index is -0.580. The van der Waals surface area contributed by atoms with Gasteiger partial charge in [-0.3, -0.25) is 10.1 Å². The molecule has 0 N–H and O–H groups in total. The number of para-hydroxylation sites is 2. The second kappa shape index (κ2) is 6.36.